The molecule has 0 N–H and O–H groups in total. The molecule has 1 aromatic carbocycles. The van der Waals surface area contributed by atoms with Crippen molar-refractivity contribution in [2.75, 3.05) is 0 Å². The molecule has 0 spiro atoms. The second-order valence-electron chi connectivity index (χ2n) is 5.92. The Hall–Kier alpha value is -1.13. The minimum Gasteiger partial charge on any atom is -0.263 e. The summed E-state index contributed by atoms with van der Waals surface area (Å²) in [5, 5.41) is 0. The van der Waals surface area contributed by atoms with Crippen molar-refractivity contribution in [3.63, 3.8) is 0 Å². The lowest BCUT2D eigenvalue weighted by Gasteiger charge is -2.64. The van der Waals surface area contributed by atoms with E-state index in [0.717, 1.165) is 12.0 Å². The molecule has 0 unspecified atom stereocenters. The van der Waals surface area contributed by atoms with Crippen LogP contribution in [0.2, 0.25) is 0 Å². The lowest BCUT2D eigenvalue weighted by molar-refractivity contribution is -0.154. The molecule has 3 aliphatic carbocycles. The number of rotatable bonds is 3. The van der Waals surface area contributed by atoms with Crippen molar-refractivity contribution in [3.05, 3.63) is 42.0 Å². The molecule has 0 heterocycles. The fourth-order valence-corrected chi connectivity index (χ4v) is 4.78. The first kappa shape index (κ1) is 11.7. The van der Waals surface area contributed by atoms with Gasteiger partial charge in [0.1, 0.15) is 0 Å². The molecule has 19 heavy (non-hydrogen) atoms. The van der Waals surface area contributed by atoms with Crippen LogP contribution in [0.1, 0.15) is 12.0 Å². The van der Waals surface area contributed by atoms with Gasteiger partial charge in [-0.15, -0.1) is 0 Å². The standard InChI is InChI=1S/C15H16O3S/c1-9-2-4-10(5-3-9)19(16,17)18-14-8-13-11-6-7-12(11)15(13)14/h2-7,11-15H,8H2,1H3/t11-,12-,13+,14-,15-/m0/s1. The molecule has 2 saturated carbocycles. The zero-order valence-corrected chi connectivity index (χ0v) is 11.5. The van der Waals surface area contributed by atoms with E-state index in [0.29, 0.717) is 23.7 Å². The largest absolute Gasteiger partial charge is 0.297 e. The maximum Gasteiger partial charge on any atom is 0.297 e. The SMILES string of the molecule is Cc1ccc(S(=O)(=O)O[C@H]2C[C@@H]3[C@H]4C=C[C@@H]4[C@@H]32)cc1. The first-order chi connectivity index (χ1) is 9.06. The second kappa shape index (κ2) is 3.70. The Morgan fingerprint density at radius 2 is 1.79 bits per heavy atom. The van der Waals surface area contributed by atoms with Gasteiger partial charge in [-0.1, -0.05) is 29.8 Å². The van der Waals surface area contributed by atoms with Gasteiger partial charge >= 0.3 is 0 Å². The quantitative estimate of drug-likeness (QED) is 0.629. The molecule has 0 radical (unpaired) electrons. The number of hydrogen-bond acceptors (Lipinski definition) is 3. The van der Waals surface area contributed by atoms with Crippen molar-refractivity contribution >= 4 is 10.1 Å². The maximum absolute atomic E-state index is 12.2. The van der Waals surface area contributed by atoms with E-state index in [-0.39, 0.29) is 11.0 Å². The molecule has 3 nitrogen and oxygen atoms in total. The summed E-state index contributed by atoms with van der Waals surface area (Å²) in [6, 6.07) is 6.84. The molecule has 0 bridgehead atoms. The van der Waals surface area contributed by atoms with Gasteiger partial charge in [0, 0.05) is 0 Å². The Balaban J connectivity index is 1.50. The summed E-state index contributed by atoms with van der Waals surface area (Å²) < 4.78 is 29.8. The van der Waals surface area contributed by atoms with Crippen LogP contribution in [0.4, 0.5) is 0 Å². The van der Waals surface area contributed by atoms with Crippen LogP contribution in [0.15, 0.2) is 41.3 Å². The summed E-state index contributed by atoms with van der Waals surface area (Å²) in [4.78, 5) is 0.265. The van der Waals surface area contributed by atoms with E-state index in [1.807, 2.05) is 6.92 Å². The summed E-state index contributed by atoms with van der Waals surface area (Å²) in [6.07, 6.45) is 5.22. The predicted octanol–water partition coefficient (Wildman–Crippen LogP) is 2.52. The van der Waals surface area contributed by atoms with E-state index in [9.17, 15) is 8.42 Å². The van der Waals surface area contributed by atoms with Gasteiger partial charge in [0.25, 0.3) is 10.1 Å². The lowest BCUT2D eigenvalue weighted by atomic mass is 9.42. The number of allylic oxidation sites excluding steroid dienone is 2. The van der Waals surface area contributed by atoms with E-state index >= 15 is 0 Å². The fraction of sp³-hybridized carbons (Fsp3) is 0.467. The summed E-state index contributed by atoms with van der Waals surface area (Å²) in [5.41, 5.74) is 1.05. The number of benzene rings is 1. The van der Waals surface area contributed by atoms with E-state index in [1.165, 1.54) is 0 Å². The average molecular weight is 276 g/mol. The van der Waals surface area contributed by atoms with Crippen LogP contribution in [-0.2, 0) is 14.3 Å². The van der Waals surface area contributed by atoms with Gasteiger partial charge in [-0.25, -0.2) is 0 Å². The molecule has 4 rings (SSSR count). The van der Waals surface area contributed by atoms with Crippen molar-refractivity contribution in [2.24, 2.45) is 23.7 Å². The van der Waals surface area contributed by atoms with Crippen molar-refractivity contribution in [1.29, 1.82) is 0 Å². The third-order valence-corrected chi connectivity index (χ3v) is 6.28. The van der Waals surface area contributed by atoms with Gasteiger partial charge in [-0.2, -0.15) is 8.42 Å². The van der Waals surface area contributed by atoms with Gasteiger partial charge in [0.2, 0.25) is 0 Å². The van der Waals surface area contributed by atoms with E-state index in [4.69, 9.17) is 4.18 Å². The van der Waals surface area contributed by atoms with E-state index in [2.05, 4.69) is 12.2 Å². The van der Waals surface area contributed by atoms with Crippen molar-refractivity contribution in [3.8, 4) is 0 Å². The van der Waals surface area contributed by atoms with Crippen LogP contribution in [0.5, 0.6) is 0 Å². The Kier molecular flexibility index (Phi) is 2.28. The number of hydrogen-bond donors (Lipinski definition) is 0. The smallest absolute Gasteiger partial charge is 0.263 e. The van der Waals surface area contributed by atoms with Crippen molar-refractivity contribution in [1.82, 2.24) is 0 Å². The first-order valence-corrected chi connectivity index (χ1v) is 8.15. The highest BCUT2D eigenvalue weighted by atomic mass is 32.2. The Bertz CT molecular complexity index is 644. The van der Waals surface area contributed by atoms with Crippen LogP contribution in [0, 0.1) is 30.6 Å². The molecule has 3 aliphatic rings. The first-order valence-electron chi connectivity index (χ1n) is 6.74. The highest BCUT2D eigenvalue weighted by Gasteiger charge is 2.63. The molecule has 5 atom stereocenters. The van der Waals surface area contributed by atoms with E-state index < -0.39 is 10.1 Å². The summed E-state index contributed by atoms with van der Waals surface area (Å²) in [5.74, 6) is 2.41. The van der Waals surface area contributed by atoms with Crippen LogP contribution in [0.3, 0.4) is 0 Å². The monoisotopic (exact) mass is 276 g/mol. The molecule has 0 aromatic heterocycles. The summed E-state index contributed by atoms with van der Waals surface area (Å²) in [6.45, 7) is 1.94. The van der Waals surface area contributed by atoms with Crippen LogP contribution in [-0.4, -0.2) is 14.5 Å². The normalized spacial score (nSPS) is 38.5. The molecule has 0 aliphatic heterocycles. The van der Waals surface area contributed by atoms with Crippen LogP contribution < -0.4 is 0 Å². The fourth-order valence-electron chi connectivity index (χ4n) is 3.67. The zero-order valence-electron chi connectivity index (χ0n) is 10.7. The summed E-state index contributed by atoms with van der Waals surface area (Å²) in [7, 11) is -3.60. The predicted molar refractivity (Wildman–Crippen MR) is 71.0 cm³/mol. The summed E-state index contributed by atoms with van der Waals surface area (Å²) >= 11 is 0. The van der Waals surface area contributed by atoms with Gasteiger partial charge in [-0.05, 0) is 49.1 Å². The van der Waals surface area contributed by atoms with Gasteiger partial charge < -0.3 is 0 Å². The third-order valence-electron chi connectivity index (χ3n) is 4.93. The molecule has 1 aromatic rings. The Morgan fingerprint density at radius 3 is 2.37 bits per heavy atom. The minimum atomic E-state index is -3.60. The highest BCUT2D eigenvalue weighted by Crippen LogP contribution is 2.64. The Labute approximate surface area is 113 Å². The van der Waals surface area contributed by atoms with Gasteiger partial charge in [0.05, 0.1) is 11.0 Å². The highest BCUT2D eigenvalue weighted by molar-refractivity contribution is 7.86. The number of aryl methyl sites for hydroxylation is 1. The lowest BCUT2D eigenvalue weighted by Crippen LogP contribution is -2.63. The van der Waals surface area contributed by atoms with Gasteiger partial charge in [0.15, 0.2) is 0 Å². The second-order valence-corrected chi connectivity index (χ2v) is 7.49. The average Bonchev–Trinajstić information content (AvgIpc) is 2.33. The van der Waals surface area contributed by atoms with E-state index in [1.54, 1.807) is 24.3 Å². The molecule has 4 heteroatoms. The topological polar surface area (TPSA) is 43.4 Å². The molecule has 0 amide bonds. The third kappa shape index (κ3) is 1.56. The van der Waals surface area contributed by atoms with Crippen molar-refractivity contribution in [2.45, 2.75) is 24.3 Å². The van der Waals surface area contributed by atoms with Crippen LogP contribution in [0.25, 0.3) is 0 Å². The minimum absolute atomic E-state index is 0.109. The van der Waals surface area contributed by atoms with Gasteiger partial charge in [-0.3, -0.25) is 4.18 Å². The molecule has 100 valence electrons. The molecule has 2 fully saturated rings. The number of fused-ring (bicyclic) bond motifs is 4. The Morgan fingerprint density at radius 1 is 1.11 bits per heavy atom. The zero-order chi connectivity index (χ0) is 13.2. The molecular formula is C15H16O3S. The van der Waals surface area contributed by atoms with Crippen molar-refractivity contribution < 1.29 is 12.6 Å². The molecule has 0 saturated heterocycles. The molecular weight excluding hydrogens is 260 g/mol. The maximum atomic E-state index is 12.2. The van der Waals surface area contributed by atoms with Crippen LogP contribution >= 0.6 is 0 Å².